The predicted molar refractivity (Wildman–Crippen MR) is 47.9 cm³/mol. The van der Waals surface area contributed by atoms with E-state index in [0.717, 1.165) is 0 Å². The molecule has 0 atom stereocenters. The van der Waals surface area contributed by atoms with Gasteiger partial charge in [0.05, 0.1) is 12.3 Å². The van der Waals surface area contributed by atoms with Crippen molar-refractivity contribution in [2.45, 2.75) is 33.1 Å². The van der Waals surface area contributed by atoms with Crippen LogP contribution in [0.2, 0.25) is 0 Å². The first-order chi connectivity index (χ1) is 6.09. The summed E-state index contributed by atoms with van der Waals surface area (Å²) in [5.74, 6) is 0.267. The minimum Gasteiger partial charge on any atom is -0.431 e. The normalized spacial score (nSPS) is 17.2. The van der Waals surface area contributed by atoms with E-state index in [2.05, 4.69) is 0 Å². The topological polar surface area (TPSA) is 43.4 Å². The molecule has 3 nitrogen and oxygen atoms in total. The van der Waals surface area contributed by atoms with E-state index in [0.29, 0.717) is 18.6 Å². The van der Waals surface area contributed by atoms with Crippen molar-refractivity contribution in [3.05, 3.63) is 11.8 Å². The van der Waals surface area contributed by atoms with Crippen LogP contribution in [0.1, 0.15) is 33.1 Å². The van der Waals surface area contributed by atoms with Gasteiger partial charge in [-0.1, -0.05) is 13.8 Å². The minimum absolute atomic E-state index is 0.141. The number of allylic oxidation sites excluding steroid dienone is 2. The molecule has 1 aliphatic carbocycles. The van der Waals surface area contributed by atoms with Gasteiger partial charge in [0.15, 0.2) is 0 Å². The van der Waals surface area contributed by atoms with Crippen molar-refractivity contribution in [3.63, 3.8) is 0 Å². The van der Waals surface area contributed by atoms with E-state index >= 15 is 0 Å². The van der Waals surface area contributed by atoms with Crippen molar-refractivity contribution in [1.82, 2.24) is 0 Å². The molecule has 1 rings (SSSR count). The predicted octanol–water partition coefficient (Wildman–Crippen LogP) is 1.82. The van der Waals surface area contributed by atoms with Crippen LogP contribution in [0.3, 0.4) is 0 Å². The van der Waals surface area contributed by atoms with Gasteiger partial charge in [-0.2, -0.15) is 0 Å². The average Bonchev–Trinajstić information content (AvgIpc) is 2.04. The summed E-state index contributed by atoms with van der Waals surface area (Å²) >= 11 is 0. The zero-order chi connectivity index (χ0) is 9.84. The number of carbonyl (C=O) groups is 2. The molecule has 0 bridgehead atoms. The maximum atomic E-state index is 11.1. The van der Waals surface area contributed by atoms with Crippen LogP contribution in [0.5, 0.6) is 0 Å². The summed E-state index contributed by atoms with van der Waals surface area (Å²) in [5, 5.41) is 0. The Morgan fingerprint density at radius 3 is 2.77 bits per heavy atom. The smallest absolute Gasteiger partial charge is 0.313 e. The maximum absolute atomic E-state index is 11.1. The van der Waals surface area contributed by atoms with Gasteiger partial charge in [-0.15, -0.1) is 0 Å². The second-order valence-electron chi connectivity index (χ2n) is 3.50. The summed E-state index contributed by atoms with van der Waals surface area (Å²) in [4.78, 5) is 22.1. The van der Waals surface area contributed by atoms with Gasteiger partial charge in [-0.3, -0.25) is 9.59 Å². The van der Waals surface area contributed by atoms with Crippen molar-refractivity contribution in [3.8, 4) is 0 Å². The number of hydrogen-bond acceptors (Lipinski definition) is 3. The summed E-state index contributed by atoms with van der Waals surface area (Å²) in [5.41, 5.74) is 0. The third kappa shape index (κ3) is 3.01. The van der Waals surface area contributed by atoms with E-state index in [4.69, 9.17) is 4.74 Å². The fourth-order valence-electron chi connectivity index (χ4n) is 1.07. The Morgan fingerprint density at radius 1 is 1.54 bits per heavy atom. The van der Waals surface area contributed by atoms with Crippen molar-refractivity contribution < 1.29 is 14.3 Å². The average molecular weight is 182 g/mol. The number of ketones is 1. The molecule has 0 aliphatic heterocycles. The minimum atomic E-state index is -0.263. The van der Waals surface area contributed by atoms with Crippen molar-refractivity contribution in [2.24, 2.45) is 5.92 Å². The number of esters is 1. The highest BCUT2D eigenvalue weighted by Gasteiger charge is 2.16. The zero-order valence-corrected chi connectivity index (χ0v) is 8.00. The van der Waals surface area contributed by atoms with Crippen LogP contribution in [0.4, 0.5) is 0 Å². The molecule has 0 aromatic heterocycles. The number of hydrogen-bond donors (Lipinski definition) is 0. The molecule has 0 N–H and O–H groups in total. The number of carbonyl (C=O) groups excluding carboxylic acids is 2. The van der Waals surface area contributed by atoms with Gasteiger partial charge >= 0.3 is 5.97 Å². The van der Waals surface area contributed by atoms with Gasteiger partial charge in [0, 0.05) is 6.42 Å². The van der Waals surface area contributed by atoms with E-state index in [1.807, 2.05) is 6.08 Å². The molecule has 13 heavy (non-hydrogen) atoms. The van der Waals surface area contributed by atoms with Crippen LogP contribution >= 0.6 is 0 Å². The zero-order valence-electron chi connectivity index (χ0n) is 8.00. The molecule has 0 saturated heterocycles. The van der Waals surface area contributed by atoms with E-state index < -0.39 is 0 Å². The summed E-state index contributed by atoms with van der Waals surface area (Å²) in [6.45, 7) is 3.54. The molecule has 0 heterocycles. The highest BCUT2D eigenvalue weighted by Crippen LogP contribution is 2.16. The standard InChI is InChI=1S/C10H14O3/c1-7(2)10(12)13-9-5-3-4-8(11)6-9/h5,7H,3-4,6H2,1-2H3. The number of ether oxygens (including phenoxy) is 1. The fraction of sp³-hybridized carbons (Fsp3) is 0.600. The van der Waals surface area contributed by atoms with Gasteiger partial charge in [0.1, 0.15) is 11.5 Å². The lowest BCUT2D eigenvalue weighted by molar-refractivity contribution is -0.143. The summed E-state index contributed by atoms with van der Waals surface area (Å²) in [6.07, 6.45) is 3.36. The largest absolute Gasteiger partial charge is 0.431 e. The maximum Gasteiger partial charge on any atom is 0.313 e. The van der Waals surface area contributed by atoms with Crippen LogP contribution in [-0.4, -0.2) is 11.8 Å². The first-order valence-corrected chi connectivity index (χ1v) is 4.52. The second kappa shape index (κ2) is 4.21. The van der Waals surface area contributed by atoms with Gasteiger partial charge in [-0.05, 0) is 12.5 Å². The van der Waals surface area contributed by atoms with E-state index in [1.165, 1.54) is 0 Å². The van der Waals surface area contributed by atoms with Crippen molar-refractivity contribution in [1.29, 1.82) is 0 Å². The van der Waals surface area contributed by atoms with E-state index in [1.54, 1.807) is 13.8 Å². The van der Waals surface area contributed by atoms with Gasteiger partial charge in [-0.25, -0.2) is 0 Å². The van der Waals surface area contributed by atoms with Crippen LogP contribution in [-0.2, 0) is 14.3 Å². The molecule has 72 valence electrons. The van der Waals surface area contributed by atoms with E-state index in [9.17, 15) is 9.59 Å². The second-order valence-corrected chi connectivity index (χ2v) is 3.50. The Labute approximate surface area is 77.8 Å². The Balaban J connectivity index is 2.49. The van der Waals surface area contributed by atoms with Crippen LogP contribution in [0, 0.1) is 5.92 Å². The highest BCUT2D eigenvalue weighted by atomic mass is 16.5. The van der Waals surface area contributed by atoms with Crippen LogP contribution in [0.15, 0.2) is 11.8 Å². The lowest BCUT2D eigenvalue weighted by Gasteiger charge is -2.13. The molecule has 1 aliphatic rings. The van der Waals surface area contributed by atoms with Crippen molar-refractivity contribution >= 4 is 11.8 Å². The molecule has 0 spiro atoms. The Hall–Kier alpha value is -1.12. The lowest BCUT2D eigenvalue weighted by Crippen LogP contribution is -2.15. The van der Waals surface area contributed by atoms with Crippen LogP contribution in [0.25, 0.3) is 0 Å². The fourth-order valence-corrected chi connectivity index (χ4v) is 1.07. The summed E-state index contributed by atoms with van der Waals surface area (Å²) in [6, 6.07) is 0. The molecule has 0 aromatic carbocycles. The summed E-state index contributed by atoms with van der Waals surface area (Å²) in [7, 11) is 0. The third-order valence-corrected chi connectivity index (χ3v) is 1.87. The summed E-state index contributed by atoms with van der Waals surface area (Å²) < 4.78 is 5.02. The molecule has 0 radical (unpaired) electrons. The van der Waals surface area contributed by atoms with Gasteiger partial charge < -0.3 is 4.74 Å². The molecule has 0 unspecified atom stereocenters. The molecule has 0 aromatic rings. The van der Waals surface area contributed by atoms with Crippen LogP contribution < -0.4 is 0 Å². The van der Waals surface area contributed by atoms with E-state index in [-0.39, 0.29) is 24.1 Å². The Kier molecular flexibility index (Phi) is 3.23. The first kappa shape index (κ1) is 9.96. The number of Topliss-reactive ketones (excluding diaryl/α,β-unsaturated/α-hetero) is 1. The highest BCUT2D eigenvalue weighted by molar-refractivity contribution is 5.82. The molecular formula is C10H14O3. The van der Waals surface area contributed by atoms with Gasteiger partial charge in [0.25, 0.3) is 0 Å². The number of rotatable bonds is 2. The SMILES string of the molecule is CC(C)C(=O)OC1=CCCC(=O)C1. The molecule has 3 heteroatoms. The third-order valence-electron chi connectivity index (χ3n) is 1.87. The molecule has 0 fully saturated rings. The van der Waals surface area contributed by atoms with Crippen molar-refractivity contribution in [2.75, 3.05) is 0 Å². The molecule has 0 saturated carbocycles. The monoisotopic (exact) mass is 182 g/mol. The Morgan fingerprint density at radius 2 is 2.23 bits per heavy atom. The molecular weight excluding hydrogens is 168 g/mol. The lowest BCUT2D eigenvalue weighted by atomic mass is 10.0. The quantitative estimate of drug-likeness (QED) is 0.612. The Bertz CT molecular complexity index is 251. The molecule has 0 amide bonds. The first-order valence-electron chi connectivity index (χ1n) is 4.52. The van der Waals surface area contributed by atoms with Gasteiger partial charge in [0.2, 0.25) is 0 Å².